The normalized spacial score (nSPS) is 26.0. The van der Waals surface area contributed by atoms with E-state index in [1.165, 1.54) is 0 Å². The number of hydrogen-bond donors (Lipinski definition) is 0. The minimum Gasteiger partial charge on any atom is -0.466 e. The van der Waals surface area contributed by atoms with Crippen molar-refractivity contribution in [2.45, 2.75) is 46.6 Å². The van der Waals surface area contributed by atoms with Gasteiger partial charge in [0.25, 0.3) is 0 Å². The summed E-state index contributed by atoms with van der Waals surface area (Å²) in [7, 11) is 0. The lowest BCUT2D eigenvalue weighted by atomic mass is 9.96. The molecule has 14 heavy (non-hydrogen) atoms. The third kappa shape index (κ3) is 4.61. The van der Waals surface area contributed by atoms with Crippen LogP contribution < -0.4 is 0 Å². The van der Waals surface area contributed by atoms with Crippen LogP contribution in [0.25, 0.3) is 0 Å². The third-order valence-corrected chi connectivity index (χ3v) is 2.11. The van der Waals surface area contributed by atoms with E-state index in [0.29, 0.717) is 13.2 Å². The highest BCUT2D eigenvalue weighted by Crippen LogP contribution is 2.20. The van der Waals surface area contributed by atoms with Crippen LogP contribution in [0.2, 0.25) is 0 Å². The molecule has 1 aliphatic heterocycles. The first-order valence-corrected chi connectivity index (χ1v) is 5.52. The van der Waals surface area contributed by atoms with Crippen LogP contribution >= 0.6 is 0 Å². The van der Waals surface area contributed by atoms with E-state index in [1.807, 2.05) is 27.7 Å². The molecule has 0 radical (unpaired) electrons. The predicted octanol–water partition coefficient (Wildman–Crippen LogP) is 2.39. The van der Waals surface area contributed by atoms with Crippen LogP contribution in [0, 0.1) is 5.92 Å². The summed E-state index contributed by atoms with van der Waals surface area (Å²) in [6.45, 7) is 8.99. The molecule has 84 valence electrons. The fourth-order valence-corrected chi connectivity index (χ4v) is 1.47. The Balaban J connectivity index is 0.000000791. The van der Waals surface area contributed by atoms with Crippen molar-refractivity contribution < 1.29 is 14.3 Å². The Morgan fingerprint density at radius 2 is 2.14 bits per heavy atom. The molecule has 0 bridgehead atoms. The molecule has 2 unspecified atom stereocenters. The molecule has 1 aliphatic rings. The minimum atomic E-state index is -0.0624. The number of esters is 1. The van der Waals surface area contributed by atoms with E-state index in [1.54, 1.807) is 0 Å². The molecule has 1 heterocycles. The highest BCUT2D eigenvalue weighted by molar-refractivity contribution is 5.72. The second kappa shape index (κ2) is 7.80. The van der Waals surface area contributed by atoms with Crippen LogP contribution in [0.1, 0.15) is 40.5 Å². The van der Waals surface area contributed by atoms with Crippen LogP contribution in [0.3, 0.4) is 0 Å². The van der Waals surface area contributed by atoms with E-state index in [4.69, 9.17) is 9.47 Å². The Labute approximate surface area is 86.8 Å². The summed E-state index contributed by atoms with van der Waals surface area (Å²) in [5, 5.41) is 0. The second-order valence-electron chi connectivity index (χ2n) is 3.15. The van der Waals surface area contributed by atoms with Crippen molar-refractivity contribution in [1.82, 2.24) is 0 Å². The van der Waals surface area contributed by atoms with Gasteiger partial charge in [0.15, 0.2) is 0 Å². The molecule has 1 fully saturated rings. The van der Waals surface area contributed by atoms with E-state index in [2.05, 4.69) is 0 Å². The first-order valence-electron chi connectivity index (χ1n) is 5.52. The van der Waals surface area contributed by atoms with Gasteiger partial charge in [0, 0.05) is 6.61 Å². The molecule has 0 aromatic rings. The highest BCUT2D eigenvalue weighted by Gasteiger charge is 2.26. The lowest BCUT2D eigenvalue weighted by molar-refractivity contribution is -0.152. The standard InChI is InChI=1S/C9H16O3.C2H6/c1-3-11-9(10)8-4-5-12-7(2)6-8;1-2/h7-8H,3-6H2,1-2H3;1-2H3. The molecule has 0 aromatic carbocycles. The number of carbonyl (C=O) groups is 1. The van der Waals surface area contributed by atoms with Gasteiger partial charge in [-0.15, -0.1) is 0 Å². The van der Waals surface area contributed by atoms with Gasteiger partial charge in [0.1, 0.15) is 0 Å². The zero-order valence-electron chi connectivity index (χ0n) is 9.71. The van der Waals surface area contributed by atoms with Gasteiger partial charge < -0.3 is 9.47 Å². The molecular formula is C11H22O3. The van der Waals surface area contributed by atoms with Crippen LogP contribution in [-0.4, -0.2) is 25.3 Å². The van der Waals surface area contributed by atoms with Gasteiger partial charge in [-0.3, -0.25) is 4.79 Å². The molecule has 0 spiro atoms. The van der Waals surface area contributed by atoms with Gasteiger partial charge in [0.05, 0.1) is 18.6 Å². The Morgan fingerprint density at radius 1 is 1.50 bits per heavy atom. The van der Waals surface area contributed by atoms with E-state index < -0.39 is 0 Å². The molecule has 0 saturated carbocycles. The monoisotopic (exact) mass is 202 g/mol. The average molecular weight is 202 g/mol. The lowest BCUT2D eigenvalue weighted by Crippen LogP contribution is -2.29. The van der Waals surface area contributed by atoms with Crippen molar-refractivity contribution in [3.63, 3.8) is 0 Å². The van der Waals surface area contributed by atoms with Crippen molar-refractivity contribution >= 4 is 5.97 Å². The number of hydrogen-bond acceptors (Lipinski definition) is 3. The van der Waals surface area contributed by atoms with E-state index >= 15 is 0 Å². The fraction of sp³-hybridized carbons (Fsp3) is 0.909. The molecule has 1 rings (SSSR count). The molecular weight excluding hydrogens is 180 g/mol. The molecule has 0 N–H and O–H groups in total. The van der Waals surface area contributed by atoms with Crippen molar-refractivity contribution in [3.8, 4) is 0 Å². The van der Waals surface area contributed by atoms with E-state index in [-0.39, 0.29) is 18.0 Å². The van der Waals surface area contributed by atoms with Crippen LogP contribution in [0.4, 0.5) is 0 Å². The molecule has 0 aromatic heterocycles. The maximum atomic E-state index is 11.3. The van der Waals surface area contributed by atoms with Crippen LogP contribution in [-0.2, 0) is 14.3 Å². The molecule has 3 nitrogen and oxygen atoms in total. The summed E-state index contributed by atoms with van der Waals surface area (Å²) in [6.07, 6.45) is 1.82. The minimum absolute atomic E-state index is 0.0624. The Bertz CT molecular complexity index is 157. The smallest absolute Gasteiger partial charge is 0.309 e. The van der Waals surface area contributed by atoms with Gasteiger partial charge in [-0.1, -0.05) is 13.8 Å². The number of rotatable bonds is 2. The SMILES string of the molecule is CC.CCOC(=O)C1CCOC(C)C1. The van der Waals surface area contributed by atoms with Crippen molar-refractivity contribution in [3.05, 3.63) is 0 Å². The van der Waals surface area contributed by atoms with Crippen molar-refractivity contribution in [2.75, 3.05) is 13.2 Å². The predicted molar refractivity (Wildman–Crippen MR) is 56.1 cm³/mol. The number of carbonyl (C=O) groups excluding carboxylic acids is 1. The zero-order valence-corrected chi connectivity index (χ0v) is 9.71. The molecule has 1 saturated heterocycles. The maximum Gasteiger partial charge on any atom is 0.309 e. The Morgan fingerprint density at radius 3 is 2.64 bits per heavy atom. The molecule has 3 heteroatoms. The van der Waals surface area contributed by atoms with Crippen LogP contribution in [0.5, 0.6) is 0 Å². The largest absolute Gasteiger partial charge is 0.466 e. The van der Waals surface area contributed by atoms with Crippen LogP contribution in [0.15, 0.2) is 0 Å². The summed E-state index contributed by atoms with van der Waals surface area (Å²) in [6, 6.07) is 0. The first-order chi connectivity index (χ1) is 6.74. The summed E-state index contributed by atoms with van der Waals surface area (Å²) in [5.41, 5.74) is 0. The summed E-state index contributed by atoms with van der Waals surface area (Å²) < 4.78 is 10.3. The van der Waals surface area contributed by atoms with Crippen molar-refractivity contribution in [1.29, 1.82) is 0 Å². The Kier molecular flexibility index (Phi) is 7.48. The number of ether oxygens (including phenoxy) is 2. The quantitative estimate of drug-likeness (QED) is 0.645. The maximum absolute atomic E-state index is 11.3. The van der Waals surface area contributed by atoms with Gasteiger partial charge >= 0.3 is 5.97 Å². The molecule has 2 atom stereocenters. The topological polar surface area (TPSA) is 35.5 Å². The zero-order chi connectivity index (χ0) is 11.0. The van der Waals surface area contributed by atoms with Gasteiger partial charge in [0.2, 0.25) is 0 Å². The first kappa shape index (κ1) is 13.4. The van der Waals surface area contributed by atoms with E-state index in [9.17, 15) is 4.79 Å². The van der Waals surface area contributed by atoms with Crippen molar-refractivity contribution in [2.24, 2.45) is 5.92 Å². The second-order valence-corrected chi connectivity index (χ2v) is 3.15. The van der Waals surface area contributed by atoms with Gasteiger partial charge in [-0.25, -0.2) is 0 Å². The average Bonchev–Trinajstić information content (AvgIpc) is 2.21. The lowest BCUT2D eigenvalue weighted by Gasteiger charge is -2.25. The molecule has 0 aliphatic carbocycles. The summed E-state index contributed by atoms with van der Waals surface area (Å²) in [4.78, 5) is 11.3. The van der Waals surface area contributed by atoms with E-state index in [0.717, 1.165) is 12.8 Å². The Hall–Kier alpha value is -0.570. The third-order valence-electron chi connectivity index (χ3n) is 2.11. The van der Waals surface area contributed by atoms with Gasteiger partial charge in [-0.05, 0) is 26.7 Å². The van der Waals surface area contributed by atoms with Gasteiger partial charge in [-0.2, -0.15) is 0 Å². The fourth-order valence-electron chi connectivity index (χ4n) is 1.47. The highest BCUT2D eigenvalue weighted by atomic mass is 16.5. The molecule has 0 amide bonds. The summed E-state index contributed by atoms with van der Waals surface area (Å²) >= 11 is 0. The summed E-state index contributed by atoms with van der Waals surface area (Å²) in [5.74, 6) is 0.00125.